The number of benzene rings is 3. The second-order valence-corrected chi connectivity index (χ2v) is 11.8. The first kappa shape index (κ1) is 44.9. The summed E-state index contributed by atoms with van der Waals surface area (Å²) in [6.07, 6.45) is 1.02. The zero-order chi connectivity index (χ0) is 35.0. The molecule has 5 nitrogen and oxygen atoms in total. The molecule has 0 spiro atoms. The zero-order valence-electron chi connectivity index (χ0n) is 28.4. The van der Waals surface area contributed by atoms with Gasteiger partial charge < -0.3 is 27.5 Å². The number of rotatable bonds is 7. The van der Waals surface area contributed by atoms with Crippen molar-refractivity contribution >= 4 is 12.2 Å². The number of carbonyl (C=O) groups is 1. The third-order valence-electron chi connectivity index (χ3n) is 8.24. The van der Waals surface area contributed by atoms with Gasteiger partial charge in [-0.3, -0.25) is 0 Å². The number of likely N-dealkylation sites (tertiary alicyclic amines) is 1. The minimum Gasteiger partial charge on any atom is -0.445 e. The first-order valence-electron chi connectivity index (χ1n) is 16.1. The summed E-state index contributed by atoms with van der Waals surface area (Å²) >= 11 is 0. The SMILES string of the molecule is CO.FC(F)(F)c1ccc(CCC2CCCNC2)cc1.O=C(OCc1ccccc1)N1CCCC(C=Cc2ccc(C(F)(F)F)cc2)C1.[CH3-].[HH].[Pd]. The number of hydrogen-bond acceptors (Lipinski definition) is 4. The predicted molar refractivity (Wildman–Crippen MR) is 183 cm³/mol. The minimum atomic E-state index is -4.33. The van der Waals surface area contributed by atoms with Gasteiger partial charge in [0, 0.05) is 42.0 Å². The van der Waals surface area contributed by atoms with Crippen LogP contribution in [0.25, 0.3) is 6.08 Å². The Kier molecular flexibility index (Phi) is 20.3. The van der Waals surface area contributed by atoms with E-state index in [1.807, 2.05) is 42.5 Å². The average Bonchev–Trinajstić information content (AvgIpc) is 3.10. The number of aryl methyl sites for hydroxylation is 1. The van der Waals surface area contributed by atoms with Crippen molar-refractivity contribution in [2.45, 2.75) is 57.5 Å². The maximum atomic E-state index is 12.6. The van der Waals surface area contributed by atoms with E-state index in [1.165, 1.54) is 37.1 Å². The molecule has 2 aliphatic heterocycles. The first-order valence-corrected chi connectivity index (χ1v) is 16.1. The largest absolute Gasteiger partial charge is 0.445 e. The molecule has 2 atom stereocenters. The van der Waals surface area contributed by atoms with Gasteiger partial charge in [-0.25, -0.2) is 4.79 Å². The molecular formula is C38H49F6N2O3Pd-. The van der Waals surface area contributed by atoms with E-state index < -0.39 is 23.5 Å². The van der Waals surface area contributed by atoms with Crippen molar-refractivity contribution in [1.82, 2.24) is 10.2 Å². The monoisotopic (exact) mass is 801 g/mol. The molecule has 0 aliphatic carbocycles. The summed E-state index contributed by atoms with van der Waals surface area (Å²) < 4.78 is 80.4. The maximum absolute atomic E-state index is 12.6. The molecule has 0 radical (unpaired) electrons. The van der Waals surface area contributed by atoms with E-state index in [1.54, 1.807) is 17.0 Å². The Labute approximate surface area is 307 Å². The molecule has 2 fully saturated rings. The molecule has 0 bridgehead atoms. The molecule has 282 valence electrons. The number of nitrogens with one attached hydrogen (secondary N) is 1. The molecular weight excluding hydrogens is 753 g/mol. The zero-order valence-corrected chi connectivity index (χ0v) is 29.9. The van der Waals surface area contributed by atoms with Crippen LogP contribution >= 0.6 is 0 Å². The van der Waals surface area contributed by atoms with Crippen molar-refractivity contribution in [3.63, 3.8) is 0 Å². The molecule has 2 unspecified atom stereocenters. The van der Waals surface area contributed by atoms with Crippen LogP contribution in [0.5, 0.6) is 0 Å². The van der Waals surface area contributed by atoms with Crippen molar-refractivity contribution in [3.8, 4) is 0 Å². The second kappa shape index (κ2) is 22.6. The summed E-state index contributed by atoms with van der Waals surface area (Å²) in [6, 6.07) is 20.1. The standard InChI is InChI=1S/C22H22F3NO2.C14H18F3N.CH4O.CH3.Pd.H2/c23-22(24,25)20-12-10-17(11-13-20)8-9-18-7-4-14-26(15-18)21(27)28-16-19-5-2-1-3-6-19;15-14(16,17)13-7-5-11(6-8-13)3-4-12-2-1-9-18-10-12;1-2;;;/h1-3,5-6,8-13,18H,4,7,14-16H2;5-8,12,18H,1-4,9-10H2;2H,1H3;1H3;;1H/q;;;-1;;. The average molecular weight is 802 g/mol. The van der Waals surface area contributed by atoms with Gasteiger partial charge in [-0.2, -0.15) is 26.3 Å². The summed E-state index contributed by atoms with van der Waals surface area (Å²) in [5.41, 5.74) is 1.41. The van der Waals surface area contributed by atoms with Gasteiger partial charge in [0.2, 0.25) is 0 Å². The molecule has 12 heteroatoms. The molecule has 3 aromatic carbocycles. The molecule has 2 heterocycles. The quantitative estimate of drug-likeness (QED) is 0.142. The van der Waals surface area contributed by atoms with Crippen molar-refractivity contribution < 1.29 is 62.8 Å². The molecule has 2 aliphatic rings. The number of aliphatic hydroxyl groups is 1. The number of nitrogens with zero attached hydrogens (tertiary/aromatic N) is 1. The maximum Gasteiger partial charge on any atom is 0.416 e. The van der Waals surface area contributed by atoms with Crippen LogP contribution in [0.1, 0.15) is 61.3 Å². The number of hydrogen-bond donors (Lipinski definition) is 2. The number of amides is 1. The fraction of sp³-hybridized carbons (Fsp3) is 0.421. The number of alkyl halides is 6. The Bertz CT molecular complexity index is 1390. The molecule has 2 N–H and O–H groups in total. The van der Waals surface area contributed by atoms with Crippen LogP contribution in [0.4, 0.5) is 31.1 Å². The van der Waals surface area contributed by atoms with Gasteiger partial charge in [0.15, 0.2) is 0 Å². The van der Waals surface area contributed by atoms with Gasteiger partial charge in [0.05, 0.1) is 11.1 Å². The summed E-state index contributed by atoms with van der Waals surface area (Å²) in [7, 11) is 1.00. The smallest absolute Gasteiger partial charge is 0.416 e. The van der Waals surface area contributed by atoms with E-state index in [0.717, 1.165) is 69.1 Å². The van der Waals surface area contributed by atoms with Gasteiger partial charge in [-0.1, -0.05) is 66.7 Å². The Morgan fingerprint density at radius 1 is 0.880 bits per heavy atom. The van der Waals surface area contributed by atoms with Crippen molar-refractivity contribution in [3.05, 3.63) is 120 Å². The van der Waals surface area contributed by atoms with E-state index in [-0.39, 0.29) is 47.9 Å². The molecule has 0 aromatic heterocycles. The van der Waals surface area contributed by atoms with E-state index in [9.17, 15) is 31.1 Å². The number of halogens is 6. The fourth-order valence-corrected chi connectivity index (χ4v) is 5.58. The minimum absolute atomic E-state index is 0. The second-order valence-electron chi connectivity index (χ2n) is 11.8. The van der Waals surface area contributed by atoms with E-state index in [4.69, 9.17) is 9.84 Å². The van der Waals surface area contributed by atoms with Crippen LogP contribution in [0.2, 0.25) is 0 Å². The molecule has 50 heavy (non-hydrogen) atoms. The van der Waals surface area contributed by atoms with Crippen LogP contribution in [0.15, 0.2) is 84.9 Å². The van der Waals surface area contributed by atoms with Crippen LogP contribution in [-0.2, 0) is 50.5 Å². The van der Waals surface area contributed by atoms with Crippen LogP contribution in [0.3, 0.4) is 0 Å². The Hall–Kier alpha value is -3.17. The van der Waals surface area contributed by atoms with Crippen molar-refractivity contribution in [1.29, 1.82) is 0 Å². The summed E-state index contributed by atoms with van der Waals surface area (Å²) in [5, 5.41) is 10.4. The van der Waals surface area contributed by atoms with Gasteiger partial charge in [-0.15, -0.1) is 0 Å². The van der Waals surface area contributed by atoms with E-state index in [2.05, 4.69) is 5.32 Å². The molecule has 5 rings (SSSR count). The van der Waals surface area contributed by atoms with Gasteiger partial charge in [0.1, 0.15) is 6.61 Å². The normalized spacial score (nSPS) is 17.6. The molecule has 2 saturated heterocycles. The fourth-order valence-electron chi connectivity index (χ4n) is 5.58. The van der Waals surface area contributed by atoms with Crippen molar-refractivity contribution in [2.24, 2.45) is 11.8 Å². The first-order chi connectivity index (χ1) is 23.0. The van der Waals surface area contributed by atoms with Crippen LogP contribution in [0, 0.1) is 19.3 Å². The topological polar surface area (TPSA) is 61.8 Å². The number of piperidine rings is 2. The molecule has 0 saturated carbocycles. The molecule has 3 aromatic rings. The Balaban J connectivity index is 0.000000950. The van der Waals surface area contributed by atoms with Crippen LogP contribution < -0.4 is 5.32 Å². The van der Waals surface area contributed by atoms with Crippen LogP contribution in [-0.4, -0.2) is 49.4 Å². The molecule has 1 amide bonds. The predicted octanol–water partition coefficient (Wildman–Crippen LogP) is 9.71. The summed E-state index contributed by atoms with van der Waals surface area (Å²) in [6.45, 7) is 3.57. The summed E-state index contributed by atoms with van der Waals surface area (Å²) in [5.74, 6) is 0.821. The van der Waals surface area contributed by atoms with Crippen molar-refractivity contribution in [2.75, 3.05) is 33.3 Å². The van der Waals surface area contributed by atoms with E-state index >= 15 is 0 Å². The Morgan fingerprint density at radius 3 is 2.04 bits per heavy atom. The van der Waals surface area contributed by atoms with Gasteiger partial charge >= 0.3 is 18.4 Å². The third kappa shape index (κ3) is 15.8. The van der Waals surface area contributed by atoms with E-state index in [0.29, 0.717) is 24.6 Å². The third-order valence-corrected chi connectivity index (χ3v) is 8.24. The number of aliphatic hydroxyl groups excluding tert-OH is 1. The number of carbonyl (C=O) groups excluding carboxylic acids is 1. The summed E-state index contributed by atoms with van der Waals surface area (Å²) in [4.78, 5) is 14.0. The van der Waals surface area contributed by atoms with Gasteiger partial charge in [-0.05, 0) is 104 Å². The number of ether oxygens (including phenoxy) is 1. The Morgan fingerprint density at radius 2 is 1.48 bits per heavy atom. The van der Waals surface area contributed by atoms with Gasteiger partial charge in [0.25, 0.3) is 0 Å².